The number of nitrogens with one attached hydrogen (secondary N) is 1. The first kappa shape index (κ1) is 8.72. The van der Waals surface area contributed by atoms with Gasteiger partial charge in [-0.05, 0) is 0 Å². The first-order chi connectivity index (χ1) is 5.47. The van der Waals surface area contributed by atoms with Crippen molar-refractivity contribution in [1.82, 2.24) is 5.32 Å². The summed E-state index contributed by atoms with van der Waals surface area (Å²) in [4.78, 5) is 10.5. The van der Waals surface area contributed by atoms with E-state index in [4.69, 9.17) is 5.73 Å². The average Bonchev–Trinajstić information content (AvgIpc) is 2.23. The SMILES string of the molecule is CNC(=O)C1=CC(N)=NS1(=O)=O. The Hall–Kier alpha value is -1.37. The second-order valence-electron chi connectivity index (χ2n) is 2.08. The molecule has 0 bridgehead atoms. The van der Waals surface area contributed by atoms with E-state index < -0.39 is 20.8 Å². The van der Waals surface area contributed by atoms with E-state index in [0.717, 1.165) is 6.08 Å². The van der Waals surface area contributed by atoms with Crippen LogP contribution in [0.3, 0.4) is 0 Å². The minimum Gasteiger partial charge on any atom is -0.383 e. The van der Waals surface area contributed by atoms with E-state index >= 15 is 0 Å². The smallest absolute Gasteiger partial charge is 0.289 e. The van der Waals surface area contributed by atoms with Crippen molar-refractivity contribution in [2.75, 3.05) is 7.05 Å². The molecule has 0 saturated carbocycles. The summed E-state index contributed by atoms with van der Waals surface area (Å²) >= 11 is 0. The zero-order valence-corrected chi connectivity index (χ0v) is 7.05. The lowest BCUT2D eigenvalue weighted by Gasteiger charge is -1.96. The Morgan fingerprint density at radius 3 is 2.58 bits per heavy atom. The maximum atomic E-state index is 11.0. The third-order valence-corrected chi connectivity index (χ3v) is 2.54. The number of nitrogens with two attached hydrogens (primary N) is 1. The maximum absolute atomic E-state index is 11.0. The molecule has 0 unspecified atom stereocenters. The van der Waals surface area contributed by atoms with Gasteiger partial charge in [0, 0.05) is 13.1 Å². The highest BCUT2D eigenvalue weighted by Gasteiger charge is 2.28. The van der Waals surface area contributed by atoms with E-state index in [0.29, 0.717) is 0 Å². The van der Waals surface area contributed by atoms with Gasteiger partial charge in [-0.1, -0.05) is 0 Å². The summed E-state index contributed by atoms with van der Waals surface area (Å²) in [6.45, 7) is 0. The molecular weight excluding hydrogens is 182 g/mol. The van der Waals surface area contributed by atoms with E-state index in [1.165, 1.54) is 7.05 Å². The molecule has 1 aliphatic rings. The van der Waals surface area contributed by atoms with Crippen molar-refractivity contribution in [2.24, 2.45) is 10.1 Å². The Kier molecular flexibility index (Phi) is 1.89. The van der Waals surface area contributed by atoms with Gasteiger partial charge in [-0.2, -0.15) is 8.42 Å². The van der Waals surface area contributed by atoms with Crippen molar-refractivity contribution in [3.05, 3.63) is 11.0 Å². The molecule has 0 aromatic heterocycles. The lowest BCUT2D eigenvalue weighted by molar-refractivity contribution is -0.116. The van der Waals surface area contributed by atoms with Gasteiger partial charge in [-0.3, -0.25) is 4.79 Å². The molecule has 12 heavy (non-hydrogen) atoms. The highest BCUT2D eigenvalue weighted by Crippen LogP contribution is 2.14. The van der Waals surface area contributed by atoms with Gasteiger partial charge in [-0.25, -0.2) is 0 Å². The van der Waals surface area contributed by atoms with Crippen LogP contribution in [0.1, 0.15) is 0 Å². The zero-order valence-electron chi connectivity index (χ0n) is 6.23. The number of rotatable bonds is 1. The Balaban J connectivity index is 3.14. The van der Waals surface area contributed by atoms with Gasteiger partial charge in [-0.15, -0.1) is 4.40 Å². The van der Waals surface area contributed by atoms with Crippen LogP contribution in [-0.2, 0) is 14.8 Å². The standard InChI is InChI=1S/C5H7N3O3S/c1-7-5(9)3-2-4(6)8-12(3,10)11/h2H,1H3,(H2,6,8)(H,7,9). The molecule has 0 radical (unpaired) electrons. The Bertz CT molecular complexity index is 379. The minimum atomic E-state index is -3.84. The number of hydrogen-bond acceptors (Lipinski definition) is 4. The summed E-state index contributed by atoms with van der Waals surface area (Å²) in [7, 11) is -2.51. The largest absolute Gasteiger partial charge is 0.383 e. The van der Waals surface area contributed by atoms with E-state index in [2.05, 4.69) is 9.71 Å². The van der Waals surface area contributed by atoms with Crippen molar-refractivity contribution in [3.63, 3.8) is 0 Å². The highest BCUT2D eigenvalue weighted by atomic mass is 32.2. The van der Waals surface area contributed by atoms with E-state index in [9.17, 15) is 13.2 Å². The van der Waals surface area contributed by atoms with Gasteiger partial charge in [0.05, 0.1) is 0 Å². The van der Waals surface area contributed by atoms with Gasteiger partial charge in [0.15, 0.2) is 4.91 Å². The molecule has 1 rings (SSSR count). The van der Waals surface area contributed by atoms with E-state index in [1.54, 1.807) is 0 Å². The van der Waals surface area contributed by atoms with E-state index in [-0.39, 0.29) is 5.84 Å². The molecule has 6 nitrogen and oxygen atoms in total. The number of nitrogens with zero attached hydrogens (tertiary/aromatic N) is 1. The predicted molar refractivity (Wildman–Crippen MR) is 42.7 cm³/mol. The molecule has 0 aromatic rings. The Morgan fingerprint density at radius 2 is 2.25 bits per heavy atom. The number of likely N-dealkylation sites (N-methyl/N-ethyl adjacent to an activating group) is 1. The zero-order chi connectivity index (χ0) is 9.35. The summed E-state index contributed by atoms with van der Waals surface area (Å²) in [5, 5.41) is 2.17. The van der Waals surface area contributed by atoms with Crippen LogP contribution in [0.15, 0.2) is 15.4 Å². The molecule has 1 heterocycles. The van der Waals surface area contributed by atoms with E-state index in [1.807, 2.05) is 0 Å². The second kappa shape index (κ2) is 2.59. The number of amides is 1. The summed E-state index contributed by atoms with van der Waals surface area (Å²) in [6, 6.07) is 0. The van der Waals surface area contributed by atoms with Crippen LogP contribution in [-0.4, -0.2) is 27.2 Å². The summed E-state index contributed by atoms with van der Waals surface area (Å²) < 4.78 is 25.0. The summed E-state index contributed by atoms with van der Waals surface area (Å²) in [5.74, 6) is -0.882. The molecule has 0 aliphatic carbocycles. The molecule has 3 N–H and O–H groups in total. The number of carbonyl (C=O) groups is 1. The Morgan fingerprint density at radius 1 is 1.67 bits per heavy atom. The molecule has 0 saturated heterocycles. The molecule has 1 amide bonds. The molecular formula is C5H7N3O3S. The molecule has 0 spiro atoms. The molecule has 0 atom stereocenters. The average molecular weight is 189 g/mol. The van der Waals surface area contributed by atoms with Gasteiger partial charge in [0.1, 0.15) is 5.84 Å². The Labute approximate surface area is 69.2 Å². The van der Waals surface area contributed by atoms with Gasteiger partial charge in [0.25, 0.3) is 15.9 Å². The number of amidine groups is 1. The maximum Gasteiger partial charge on any atom is 0.289 e. The quantitative estimate of drug-likeness (QED) is 0.514. The lowest BCUT2D eigenvalue weighted by atomic mass is 10.4. The summed E-state index contributed by atoms with van der Waals surface area (Å²) in [5.41, 5.74) is 5.11. The van der Waals surface area contributed by atoms with Crippen LogP contribution in [0.2, 0.25) is 0 Å². The number of hydrogen-bond donors (Lipinski definition) is 2. The van der Waals surface area contributed by atoms with Crippen LogP contribution in [0.25, 0.3) is 0 Å². The first-order valence-electron chi connectivity index (χ1n) is 3.01. The fourth-order valence-corrected chi connectivity index (χ4v) is 1.76. The van der Waals surface area contributed by atoms with Crippen LogP contribution < -0.4 is 11.1 Å². The fraction of sp³-hybridized carbons (Fsp3) is 0.200. The van der Waals surface area contributed by atoms with Gasteiger partial charge in [0.2, 0.25) is 0 Å². The molecule has 0 fully saturated rings. The lowest BCUT2D eigenvalue weighted by Crippen LogP contribution is -2.22. The van der Waals surface area contributed by atoms with Gasteiger partial charge < -0.3 is 11.1 Å². The van der Waals surface area contributed by atoms with Gasteiger partial charge >= 0.3 is 0 Å². The number of carbonyl (C=O) groups excluding carboxylic acids is 1. The second-order valence-corrected chi connectivity index (χ2v) is 3.65. The molecule has 0 aromatic carbocycles. The topological polar surface area (TPSA) is 102 Å². The molecule has 7 heteroatoms. The van der Waals surface area contributed by atoms with Crippen molar-refractivity contribution >= 4 is 21.8 Å². The van der Waals surface area contributed by atoms with Crippen LogP contribution in [0.4, 0.5) is 0 Å². The third-order valence-electron chi connectivity index (χ3n) is 1.23. The predicted octanol–water partition coefficient (Wildman–Crippen LogP) is -1.68. The van der Waals surface area contributed by atoms with Crippen molar-refractivity contribution in [3.8, 4) is 0 Å². The normalized spacial score (nSPS) is 19.8. The van der Waals surface area contributed by atoms with Crippen LogP contribution >= 0.6 is 0 Å². The highest BCUT2D eigenvalue weighted by molar-refractivity contribution is 7.95. The monoisotopic (exact) mass is 189 g/mol. The molecule has 1 aliphatic heterocycles. The number of sulfonamides is 1. The minimum absolute atomic E-state index is 0.173. The van der Waals surface area contributed by atoms with Crippen molar-refractivity contribution < 1.29 is 13.2 Å². The van der Waals surface area contributed by atoms with Crippen molar-refractivity contribution in [2.45, 2.75) is 0 Å². The van der Waals surface area contributed by atoms with Crippen molar-refractivity contribution in [1.29, 1.82) is 0 Å². The third kappa shape index (κ3) is 1.30. The fourth-order valence-electron chi connectivity index (χ4n) is 0.729. The summed E-state index contributed by atoms with van der Waals surface area (Å²) in [6.07, 6.45) is 1.02. The first-order valence-corrected chi connectivity index (χ1v) is 4.45. The molecule has 66 valence electrons. The van der Waals surface area contributed by atoms with Crippen LogP contribution in [0.5, 0.6) is 0 Å². The van der Waals surface area contributed by atoms with Crippen LogP contribution in [0, 0.1) is 0 Å².